The zero-order chi connectivity index (χ0) is 4.95. The highest BCUT2D eigenvalue weighted by Gasteiger charge is 1.63. The van der Waals surface area contributed by atoms with Crippen LogP contribution in [0.4, 0.5) is 0 Å². The van der Waals surface area contributed by atoms with Gasteiger partial charge in [0, 0.05) is 0 Å². The van der Waals surface area contributed by atoms with E-state index < -0.39 is 0 Å². The zero-order valence-electron chi connectivity index (χ0n) is 3.76. The van der Waals surface area contributed by atoms with Gasteiger partial charge in [0.15, 0.2) is 0 Å². The van der Waals surface area contributed by atoms with E-state index in [2.05, 4.69) is 13.8 Å². The van der Waals surface area contributed by atoms with Gasteiger partial charge in [-0.15, -0.1) is 0 Å². The van der Waals surface area contributed by atoms with E-state index in [0.717, 1.165) is 0 Å². The summed E-state index contributed by atoms with van der Waals surface area (Å²) in [4.78, 5) is 0. The topological polar surface area (TPSA) is 0 Å². The predicted molar refractivity (Wildman–Crippen MR) is 41.9 cm³/mol. The van der Waals surface area contributed by atoms with Crippen molar-refractivity contribution in [3.63, 3.8) is 0 Å². The van der Waals surface area contributed by atoms with Gasteiger partial charge in [-0.2, -0.15) is 0 Å². The molecule has 1 heteroatoms. The predicted octanol–water partition coefficient (Wildman–Crippen LogP) is 2.00. The minimum Gasteiger partial charge on any atom is -0.0825 e. The first kappa shape index (κ1) is 5.01. The molecule has 0 aliphatic carbocycles. The van der Waals surface area contributed by atoms with Crippen LogP contribution in [0.25, 0.3) is 0 Å². The van der Waals surface area contributed by atoms with Gasteiger partial charge in [0.05, 0.1) is 0 Å². The molecule has 0 aromatic rings. The standard InChI is InChI=1S/C6H5I/c1-2-4-6-7-5-3-1/h1-5H. The van der Waals surface area contributed by atoms with E-state index in [4.69, 9.17) is 0 Å². The van der Waals surface area contributed by atoms with Crippen molar-refractivity contribution in [2.75, 3.05) is 0 Å². The largest absolute Gasteiger partial charge is 0.0825 e. The molecule has 1 heterocycles. The average molecular weight is 204 g/mol. The summed E-state index contributed by atoms with van der Waals surface area (Å²) in [6.07, 6.45) is 8.08. The number of halogens is 1. The van der Waals surface area contributed by atoms with Gasteiger partial charge < -0.3 is 0 Å². The van der Waals surface area contributed by atoms with Crippen molar-refractivity contribution < 1.29 is 0 Å². The highest BCUT2D eigenvalue weighted by atomic mass is 127. The smallest absolute Gasteiger partial charge is 0.0140 e. The van der Waals surface area contributed by atoms with Crippen molar-refractivity contribution in [3.05, 3.63) is 28.4 Å². The first-order chi connectivity index (χ1) is 3.50. The van der Waals surface area contributed by atoms with Gasteiger partial charge in [0.1, 0.15) is 0 Å². The summed E-state index contributed by atoms with van der Waals surface area (Å²) in [5.41, 5.74) is 0. The quantitative estimate of drug-likeness (QED) is 0.529. The molecule has 0 aromatic heterocycles. The van der Waals surface area contributed by atoms with E-state index in [9.17, 15) is 0 Å². The van der Waals surface area contributed by atoms with Gasteiger partial charge in [-0.1, -0.05) is 21.9 Å². The molecule has 0 unspecified atom stereocenters. The second-order valence-corrected chi connectivity index (χ2v) is 3.05. The minimum absolute atomic E-state index is 0.139. The number of hydrogen-bond donors (Lipinski definition) is 0. The molecule has 0 radical (unpaired) electrons. The number of rotatable bonds is 0. The van der Waals surface area contributed by atoms with Crippen LogP contribution in [0.3, 0.4) is 0 Å². The molecule has 0 spiro atoms. The molecule has 1 aliphatic rings. The molecule has 7 heavy (non-hydrogen) atoms. The van der Waals surface area contributed by atoms with Crippen LogP contribution in [0, 0.1) is 0 Å². The molecule has 1 aliphatic heterocycles. The Morgan fingerprint density at radius 2 is 2.14 bits per heavy atom. The Morgan fingerprint density at radius 1 is 1.14 bits per heavy atom. The number of hydrogen-bond acceptors (Lipinski definition) is 0. The van der Waals surface area contributed by atoms with E-state index in [1.54, 1.807) is 0 Å². The Kier molecular flexibility index (Phi) is 2.10. The van der Waals surface area contributed by atoms with Crippen LogP contribution in [-0.4, -0.2) is 3.67 Å². The van der Waals surface area contributed by atoms with Gasteiger partial charge >= 0.3 is 0 Å². The summed E-state index contributed by atoms with van der Waals surface area (Å²) in [5.74, 6) is 0. The fourth-order valence-electron chi connectivity index (χ4n) is 0.307. The van der Waals surface area contributed by atoms with E-state index in [0.29, 0.717) is 0 Å². The van der Waals surface area contributed by atoms with Crippen LogP contribution in [0.15, 0.2) is 28.4 Å². The van der Waals surface area contributed by atoms with Crippen LogP contribution in [0.1, 0.15) is 0 Å². The van der Waals surface area contributed by atoms with E-state index in [-0.39, 0.29) is 20.7 Å². The van der Waals surface area contributed by atoms with Gasteiger partial charge in [-0.05, 0) is 30.9 Å². The third-order valence-electron chi connectivity index (χ3n) is 0.580. The molecular formula is C6H5I. The number of allylic oxidation sites excluding steroid dienone is 4. The second-order valence-electron chi connectivity index (χ2n) is 1.09. The Hall–Kier alpha value is -0.140. The third-order valence-corrected chi connectivity index (χ3v) is 2.07. The highest BCUT2D eigenvalue weighted by molar-refractivity contribution is 14.2. The third kappa shape index (κ3) is 1.86. The Bertz CT molecular complexity index is 141. The first-order valence-electron chi connectivity index (χ1n) is 2.03. The summed E-state index contributed by atoms with van der Waals surface area (Å²) in [6.45, 7) is 0. The van der Waals surface area contributed by atoms with Gasteiger partial charge in [-0.25, -0.2) is 0 Å². The highest BCUT2D eigenvalue weighted by Crippen LogP contribution is 1.97. The van der Waals surface area contributed by atoms with Crippen LogP contribution < -0.4 is 0 Å². The van der Waals surface area contributed by atoms with Gasteiger partial charge in [-0.3, -0.25) is 0 Å². The fraction of sp³-hybridized carbons (Fsp3) is 0. The van der Waals surface area contributed by atoms with Crippen LogP contribution in [0.2, 0.25) is 0 Å². The molecular weight excluding hydrogens is 199 g/mol. The van der Waals surface area contributed by atoms with E-state index in [1.165, 1.54) is 0 Å². The van der Waals surface area contributed by atoms with Crippen LogP contribution in [0.5, 0.6) is 0 Å². The zero-order valence-corrected chi connectivity index (χ0v) is 5.92. The van der Waals surface area contributed by atoms with E-state index >= 15 is 0 Å². The molecule has 0 saturated carbocycles. The molecule has 0 aromatic carbocycles. The Morgan fingerprint density at radius 3 is 3.14 bits per heavy atom. The van der Waals surface area contributed by atoms with Crippen molar-refractivity contribution in [1.82, 2.24) is 0 Å². The van der Waals surface area contributed by atoms with Crippen LogP contribution >= 0.6 is 20.7 Å². The lowest BCUT2D eigenvalue weighted by atomic mass is 10.5. The van der Waals surface area contributed by atoms with Crippen LogP contribution in [-0.2, 0) is 0 Å². The Balaban J connectivity index is 2.86. The molecule has 0 bridgehead atoms. The SMILES string of the molecule is C1=CC=CC=CI=1. The van der Waals surface area contributed by atoms with Gasteiger partial charge in [0.2, 0.25) is 0 Å². The summed E-state index contributed by atoms with van der Waals surface area (Å²) < 4.78 is 5.34. The van der Waals surface area contributed by atoms with Crippen molar-refractivity contribution in [3.8, 4) is 0 Å². The van der Waals surface area contributed by atoms with Crippen molar-refractivity contribution in [2.45, 2.75) is 0 Å². The van der Waals surface area contributed by atoms with Crippen molar-refractivity contribution >= 4 is 24.4 Å². The van der Waals surface area contributed by atoms with Gasteiger partial charge in [0.25, 0.3) is 0 Å². The molecule has 0 fully saturated rings. The monoisotopic (exact) mass is 204 g/mol. The lowest BCUT2D eigenvalue weighted by molar-refractivity contribution is 2.00. The Labute approximate surface area is 53.0 Å². The normalized spacial score (nSPS) is 16.0. The molecule has 0 atom stereocenters. The summed E-state index contributed by atoms with van der Waals surface area (Å²) in [5, 5.41) is 0. The molecule has 36 valence electrons. The maximum atomic E-state index is 3.16. The molecule has 0 N–H and O–H groups in total. The average Bonchev–Trinajstić information content (AvgIpc) is 1.90. The second kappa shape index (κ2) is 2.94. The summed E-state index contributed by atoms with van der Waals surface area (Å²) >= 11 is 0.139. The lowest BCUT2D eigenvalue weighted by Gasteiger charge is -1.60. The lowest BCUT2D eigenvalue weighted by Crippen LogP contribution is -1.41. The maximum absolute atomic E-state index is 3.16. The molecule has 0 amide bonds. The van der Waals surface area contributed by atoms with Crippen molar-refractivity contribution in [2.24, 2.45) is 0 Å². The summed E-state index contributed by atoms with van der Waals surface area (Å²) in [7, 11) is 0. The van der Waals surface area contributed by atoms with E-state index in [1.807, 2.05) is 18.2 Å². The summed E-state index contributed by atoms with van der Waals surface area (Å²) in [6, 6.07) is 0. The minimum atomic E-state index is 0.139. The molecule has 0 nitrogen and oxygen atoms in total. The fourth-order valence-corrected chi connectivity index (χ4v) is 1.38. The first-order valence-corrected chi connectivity index (χ1v) is 4.35. The van der Waals surface area contributed by atoms with Crippen molar-refractivity contribution in [1.29, 1.82) is 0 Å². The molecule has 1 rings (SSSR count). The maximum Gasteiger partial charge on any atom is -0.0140 e. The molecule has 0 saturated heterocycles.